The first kappa shape index (κ1) is 30.0. The number of aromatic hydroxyl groups is 1. The number of hydrogen-bond acceptors (Lipinski definition) is 9. The van der Waals surface area contributed by atoms with Gasteiger partial charge in [-0.25, -0.2) is 4.79 Å². The van der Waals surface area contributed by atoms with Crippen molar-refractivity contribution >= 4 is 51.0 Å². The molecule has 0 atom stereocenters. The van der Waals surface area contributed by atoms with E-state index in [9.17, 15) is 19.5 Å². The standard InChI is InChI=1S/C34H26N6O5S/c1-22-12-8-11-19-28(22)35-32(43)27-20-29(25-17-9-10-18-26(25)31(27)42)45-30(41)21-39(23-13-4-2-5-14-23)34(44)46-33-36-37-38-40(33)24-15-6-3-7-16-24/h2-20,42H,21H2,1H3,(H,35,43). The maximum atomic E-state index is 13.7. The Bertz CT molecular complexity index is 2050. The van der Waals surface area contributed by atoms with E-state index in [4.69, 9.17) is 4.74 Å². The number of aryl methyl sites for hydroxylation is 1. The topological polar surface area (TPSA) is 140 Å². The summed E-state index contributed by atoms with van der Waals surface area (Å²) in [5.74, 6) is -1.56. The molecule has 0 unspecified atom stereocenters. The van der Waals surface area contributed by atoms with Gasteiger partial charge in [0, 0.05) is 33.9 Å². The molecular formula is C34H26N6O5S. The largest absolute Gasteiger partial charge is 0.506 e. The average Bonchev–Trinajstić information content (AvgIpc) is 3.54. The van der Waals surface area contributed by atoms with Gasteiger partial charge in [0.2, 0.25) is 5.16 Å². The fraction of sp³-hybridized carbons (Fsp3) is 0.0588. The zero-order valence-corrected chi connectivity index (χ0v) is 25.2. The molecule has 6 aromatic rings. The number of para-hydroxylation sites is 3. The van der Waals surface area contributed by atoms with Gasteiger partial charge in [-0.1, -0.05) is 78.9 Å². The SMILES string of the molecule is Cc1ccccc1NC(=O)c1cc(OC(=O)CN(C(=O)Sc2nnnn2-c2ccccc2)c2ccccc2)c2ccccc2c1O. The van der Waals surface area contributed by atoms with Gasteiger partial charge in [-0.3, -0.25) is 14.5 Å². The molecular weight excluding hydrogens is 604 g/mol. The average molecular weight is 631 g/mol. The normalized spacial score (nSPS) is 10.8. The van der Waals surface area contributed by atoms with Gasteiger partial charge < -0.3 is 15.2 Å². The highest BCUT2D eigenvalue weighted by Crippen LogP contribution is 2.37. The van der Waals surface area contributed by atoms with Crippen LogP contribution in [0.25, 0.3) is 16.5 Å². The van der Waals surface area contributed by atoms with Crippen LogP contribution in [-0.4, -0.2) is 49.0 Å². The number of phenols is 1. The molecule has 0 aliphatic rings. The molecule has 0 fully saturated rings. The number of tetrazole rings is 1. The van der Waals surface area contributed by atoms with E-state index in [2.05, 4.69) is 20.8 Å². The molecule has 1 aromatic heterocycles. The molecule has 12 heteroatoms. The van der Waals surface area contributed by atoms with Crippen molar-refractivity contribution in [2.24, 2.45) is 0 Å². The number of aromatic nitrogens is 4. The van der Waals surface area contributed by atoms with Gasteiger partial charge in [0.25, 0.3) is 11.1 Å². The highest BCUT2D eigenvalue weighted by atomic mass is 32.2. The summed E-state index contributed by atoms with van der Waals surface area (Å²) >= 11 is 0.756. The van der Waals surface area contributed by atoms with Crippen LogP contribution in [0.4, 0.5) is 16.2 Å². The van der Waals surface area contributed by atoms with Crippen LogP contribution in [0.3, 0.4) is 0 Å². The Morgan fingerprint density at radius 2 is 1.52 bits per heavy atom. The number of amides is 2. The molecule has 11 nitrogen and oxygen atoms in total. The molecule has 2 amide bonds. The van der Waals surface area contributed by atoms with Crippen molar-refractivity contribution in [3.8, 4) is 17.2 Å². The van der Waals surface area contributed by atoms with E-state index in [1.807, 2.05) is 37.3 Å². The Morgan fingerprint density at radius 1 is 0.870 bits per heavy atom. The number of fused-ring (bicyclic) bond motifs is 1. The number of esters is 1. The molecule has 5 aromatic carbocycles. The summed E-state index contributed by atoms with van der Waals surface area (Å²) in [5.41, 5.74) is 2.44. The lowest BCUT2D eigenvalue weighted by Crippen LogP contribution is -2.35. The Morgan fingerprint density at radius 3 is 2.26 bits per heavy atom. The van der Waals surface area contributed by atoms with E-state index >= 15 is 0 Å². The summed E-state index contributed by atoms with van der Waals surface area (Å²) in [6.45, 7) is 1.38. The van der Waals surface area contributed by atoms with Crippen LogP contribution in [-0.2, 0) is 4.79 Å². The molecule has 0 aliphatic carbocycles. The Hall–Kier alpha value is -6.01. The highest BCUT2D eigenvalue weighted by Gasteiger charge is 2.26. The number of ether oxygens (including phenoxy) is 1. The summed E-state index contributed by atoms with van der Waals surface area (Å²) in [5, 5.41) is 26.0. The molecule has 0 aliphatic heterocycles. The van der Waals surface area contributed by atoms with Crippen molar-refractivity contribution in [1.29, 1.82) is 0 Å². The number of carbonyl (C=O) groups is 3. The third-order valence-electron chi connectivity index (χ3n) is 7.04. The van der Waals surface area contributed by atoms with Crippen LogP contribution in [0.2, 0.25) is 0 Å². The number of anilines is 2. The van der Waals surface area contributed by atoms with Crippen LogP contribution < -0.4 is 15.0 Å². The molecule has 0 spiro atoms. The quantitative estimate of drug-likeness (QED) is 0.111. The third-order valence-corrected chi connectivity index (χ3v) is 7.87. The van der Waals surface area contributed by atoms with E-state index in [1.54, 1.807) is 78.9 Å². The van der Waals surface area contributed by atoms with Crippen LogP contribution >= 0.6 is 11.8 Å². The van der Waals surface area contributed by atoms with Gasteiger partial charge in [0.15, 0.2) is 0 Å². The maximum absolute atomic E-state index is 13.7. The van der Waals surface area contributed by atoms with Crippen LogP contribution in [0, 0.1) is 6.92 Å². The second-order valence-corrected chi connectivity index (χ2v) is 11.0. The summed E-state index contributed by atoms with van der Waals surface area (Å²) in [4.78, 5) is 41.7. The highest BCUT2D eigenvalue weighted by molar-refractivity contribution is 8.13. The van der Waals surface area contributed by atoms with Gasteiger partial charge in [-0.2, -0.15) is 4.68 Å². The zero-order chi connectivity index (χ0) is 32.0. The predicted octanol–water partition coefficient (Wildman–Crippen LogP) is 6.41. The fourth-order valence-electron chi connectivity index (χ4n) is 4.75. The second-order valence-electron chi connectivity index (χ2n) is 10.1. The number of rotatable bonds is 8. The van der Waals surface area contributed by atoms with Crippen molar-refractivity contribution in [3.63, 3.8) is 0 Å². The van der Waals surface area contributed by atoms with Crippen molar-refractivity contribution < 1.29 is 24.2 Å². The minimum Gasteiger partial charge on any atom is -0.506 e. The molecule has 0 saturated carbocycles. The van der Waals surface area contributed by atoms with Gasteiger partial charge >= 0.3 is 5.97 Å². The van der Waals surface area contributed by atoms with Gasteiger partial charge in [0.1, 0.15) is 18.0 Å². The van der Waals surface area contributed by atoms with E-state index in [-0.39, 0.29) is 22.2 Å². The van der Waals surface area contributed by atoms with Gasteiger partial charge in [-0.05, 0) is 59.3 Å². The molecule has 6 rings (SSSR count). The van der Waals surface area contributed by atoms with E-state index in [0.29, 0.717) is 27.8 Å². The number of benzene rings is 5. The van der Waals surface area contributed by atoms with Crippen molar-refractivity contribution in [2.75, 3.05) is 16.8 Å². The summed E-state index contributed by atoms with van der Waals surface area (Å²) in [6, 6.07) is 33.0. The first-order valence-electron chi connectivity index (χ1n) is 14.1. The van der Waals surface area contributed by atoms with Gasteiger partial charge in [-0.15, -0.1) is 5.10 Å². The molecule has 0 bridgehead atoms. The lowest BCUT2D eigenvalue weighted by Gasteiger charge is -2.21. The Balaban J connectivity index is 1.28. The number of hydrogen-bond donors (Lipinski definition) is 2. The predicted molar refractivity (Wildman–Crippen MR) is 175 cm³/mol. The minimum atomic E-state index is -0.776. The van der Waals surface area contributed by atoms with Crippen molar-refractivity contribution in [3.05, 3.63) is 126 Å². The molecule has 0 saturated heterocycles. The fourth-order valence-corrected chi connectivity index (χ4v) is 5.49. The molecule has 1 heterocycles. The number of thioether (sulfide) groups is 1. The van der Waals surface area contributed by atoms with E-state index in [1.165, 1.54) is 15.6 Å². The Labute approximate surface area is 267 Å². The Kier molecular flexibility index (Phi) is 8.70. The molecule has 2 N–H and O–H groups in total. The van der Waals surface area contributed by atoms with E-state index < -0.39 is 23.7 Å². The van der Waals surface area contributed by atoms with Gasteiger partial charge in [0.05, 0.1) is 11.3 Å². The van der Waals surface area contributed by atoms with Crippen molar-refractivity contribution in [1.82, 2.24) is 20.2 Å². The number of phenolic OH excluding ortho intramolecular Hbond substituents is 1. The third kappa shape index (κ3) is 6.42. The zero-order valence-electron chi connectivity index (χ0n) is 24.4. The smallest absolute Gasteiger partial charge is 0.331 e. The summed E-state index contributed by atoms with van der Waals surface area (Å²) in [6.07, 6.45) is 0. The second kappa shape index (κ2) is 13.3. The monoisotopic (exact) mass is 630 g/mol. The number of nitrogens with one attached hydrogen (secondary N) is 1. The van der Waals surface area contributed by atoms with Crippen LogP contribution in [0.5, 0.6) is 11.5 Å². The number of nitrogens with zero attached hydrogens (tertiary/aromatic N) is 5. The van der Waals surface area contributed by atoms with Crippen LogP contribution in [0.15, 0.2) is 120 Å². The van der Waals surface area contributed by atoms with Crippen LogP contribution in [0.1, 0.15) is 15.9 Å². The summed E-state index contributed by atoms with van der Waals surface area (Å²) in [7, 11) is 0. The van der Waals surface area contributed by atoms with Crippen molar-refractivity contribution in [2.45, 2.75) is 12.1 Å². The number of carbonyl (C=O) groups excluding carboxylic acids is 3. The lowest BCUT2D eigenvalue weighted by molar-refractivity contribution is -0.132. The first-order chi connectivity index (χ1) is 22.4. The van der Waals surface area contributed by atoms with E-state index in [0.717, 1.165) is 17.3 Å². The maximum Gasteiger partial charge on any atom is 0.331 e. The summed E-state index contributed by atoms with van der Waals surface area (Å²) < 4.78 is 7.23. The lowest BCUT2D eigenvalue weighted by atomic mass is 10.0. The first-order valence-corrected chi connectivity index (χ1v) is 14.9. The molecule has 228 valence electrons. The molecule has 0 radical (unpaired) electrons. The minimum absolute atomic E-state index is 0.0504. The molecule has 46 heavy (non-hydrogen) atoms.